The summed E-state index contributed by atoms with van der Waals surface area (Å²) >= 11 is 0. The average molecular weight is 281 g/mol. The summed E-state index contributed by atoms with van der Waals surface area (Å²) in [5.74, 6) is 1.82. The van der Waals surface area contributed by atoms with Crippen LogP contribution in [-0.4, -0.2) is 29.4 Å². The van der Waals surface area contributed by atoms with Crippen molar-refractivity contribution in [3.63, 3.8) is 0 Å². The van der Waals surface area contributed by atoms with E-state index in [1.807, 2.05) is 20.8 Å². The number of carbonyl (C=O) groups excluding carboxylic acids is 1. The Labute approximate surface area is 121 Å². The van der Waals surface area contributed by atoms with Crippen LogP contribution in [0.3, 0.4) is 0 Å². The fraction of sp³-hybridized carbons (Fsp3) is 0.938. The maximum absolute atomic E-state index is 12.0. The monoisotopic (exact) mass is 281 g/mol. The predicted molar refractivity (Wildman–Crippen MR) is 76.2 cm³/mol. The molecule has 0 saturated heterocycles. The van der Waals surface area contributed by atoms with E-state index in [1.54, 1.807) is 0 Å². The van der Waals surface area contributed by atoms with Gasteiger partial charge in [-0.05, 0) is 76.0 Å². The summed E-state index contributed by atoms with van der Waals surface area (Å²) in [6, 6.07) is 0.251. The van der Waals surface area contributed by atoms with Crippen LogP contribution < -0.4 is 5.32 Å². The third kappa shape index (κ3) is 2.54. The molecule has 0 heterocycles. The zero-order chi connectivity index (χ0) is 14.5. The molecular formula is C16H27NO3. The molecule has 5 atom stereocenters. The average Bonchev–Trinajstić information content (AvgIpc) is 2.31. The Morgan fingerprint density at radius 2 is 1.85 bits per heavy atom. The van der Waals surface area contributed by atoms with Crippen LogP contribution in [-0.2, 0) is 4.74 Å². The fourth-order valence-corrected chi connectivity index (χ4v) is 5.07. The second-order valence-corrected chi connectivity index (χ2v) is 8.30. The lowest BCUT2D eigenvalue weighted by atomic mass is 9.48. The van der Waals surface area contributed by atoms with E-state index >= 15 is 0 Å². The second-order valence-electron chi connectivity index (χ2n) is 8.30. The third-order valence-electron chi connectivity index (χ3n) is 5.42. The molecule has 4 bridgehead atoms. The molecule has 4 fully saturated rings. The molecular weight excluding hydrogens is 254 g/mol. The Kier molecular flexibility index (Phi) is 3.27. The highest BCUT2D eigenvalue weighted by molar-refractivity contribution is 5.68. The summed E-state index contributed by atoms with van der Waals surface area (Å²) in [6.07, 6.45) is 5.45. The highest BCUT2D eigenvalue weighted by Gasteiger charge is 2.55. The molecule has 0 aromatic heterocycles. The van der Waals surface area contributed by atoms with Gasteiger partial charge in [0.2, 0.25) is 0 Å². The predicted octanol–water partition coefficient (Wildman–Crippen LogP) is 2.70. The first-order valence-electron chi connectivity index (χ1n) is 7.91. The van der Waals surface area contributed by atoms with E-state index in [0.29, 0.717) is 18.4 Å². The van der Waals surface area contributed by atoms with Crippen LogP contribution in [0.25, 0.3) is 0 Å². The molecule has 0 spiro atoms. The highest BCUT2D eigenvalue weighted by atomic mass is 16.6. The first-order valence-corrected chi connectivity index (χ1v) is 7.91. The number of aliphatic hydroxyl groups is 1. The van der Waals surface area contributed by atoms with Gasteiger partial charge in [0.05, 0.1) is 0 Å². The quantitative estimate of drug-likeness (QED) is 0.818. The lowest BCUT2D eigenvalue weighted by Gasteiger charge is -2.59. The van der Waals surface area contributed by atoms with Gasteiger partial charge in [0, 0.05) is 12.6 Å². The van der Waals surface area contributed by atoms with Crippen molar-refractivity contribution in [2.24, 2.45) is 23.2 Å². The number of hydrogen-bond donors (Lipinski definition) is 2. The van der Waals surface area contributed by atoms with Gasteiger partial charge in [-0.25, -0.2) is 4.79 Å². The number of alkyl carbamates (subject to hydrolysis) is 1. The zero-order valence-corrected chi connectivity index (χ0v) is 12.8. The van der Waals surface area contributed by atoms with Crippen molar-refractivity contribution in [3.8, 4) is 0 Å². The number of hydrogen-bond acceptors (Lipinski definition) is 3. The Hall–Kier alpha value is -0.770. The van der Waals surface area contributed by atoms with E-state index in [9.17, 15) is 9.90 Å². The Morgan fingerprint density at radius 1 is 1.25 bits per heavy atom. The molecule has 20 heavy (non-hydrogen) atoms. The number of rotatable bonds is 2. The minimum absolute atomic E-state index is 0.155. The zero-order valence-electron chi connectivity index (χ0n) is 12.8. The lowest BCUT2D eigenvalue weighted by molar-refractivity contribution is -0.0990. The van der Waals surface area contributed by atoms with Gasteiger partial charge in [0.25, 0.3) is 0 Å². The van der Waals surface area contributed by atoms with Gasteiger partial charge in [-0.3, -0.25) is 0 Å². The summed E-state index contributed by atoms with van der Waals surface area (Å²) < 4.78 is 5.40. The van der Waals surface area contributed by atoms with Crippen molar-refractivity contribution in [1.29, 1.82) is 0 Å². The van der Waals surface area contributed by atoms with Crippen LogP contribution in [0, 0.1) is 23.2 Å². The molecule has 4 heteroatoms. The van der Waals surface area contributed by atoms with Gasteiger partial charge in [0.15, 0.2) is 0 Å². The number of nitrogens with one attached hydrogen (secondary N) is 1. The number of amides is 1. The van der Waals surface area contributed by atoms with E-state index in [0.717, 1.165) is 18.8 Å². The molecule has 4 saturated carbocycles. The summed E-state index contributed by atoms with van der Waals surface area (Å²) in [6.45, 7) is 5.99. The van der Waals surface area contributed by atoms with E-state index < -0.39 is 5.60 Å². The number of carbonyl (C=O) groups is 1. The van der Waals surface area contributed by atoms with E-state index in [4.69, 9.17) is 4.74 Å². The molecule has 1 amide bonds. The number of ether oxygens (including phenoxy) is 1. The maximum Gasteiger partial charge on any atom is 0.407 e. The summed E-state index contributed by atoms with van der Waals surface area (Å²) in [5.41, 5.74) is -0.287. The van der Waals surface area contributed by atoms with Crippen LogP contribution in [0.15, 0.2) is 0 Å². The Balaban J connectivity index is 1.67. The molecule has 0 aliphatic heterocycles. The molecule has 4 nitrogen and oxygen atoms in total. The molecule has 4 aliphatic carbocycles. The van der Waals surface area contributed by atoms with Gasteiger partial charge in [-0.2, -0.15) is 0 Å². The van der Waals surface area contributed by atoms with Gasteiger partial charge >= 0.3 is 6.09 Å². The van der Waals surface area contributed by atoms with Crippen molar-refractivity contribution >= 4 is 6.09 Å². The normalized spacial score (nSPS) is 42.6. The molecule has 0 radical (unpaired) electrons. The smallest absolute Gasteiger partial charge is 0.407 e. The highest BCUT2D eigenvalue weighted by Crippen LogP contribution is 2.59. The van der Waals surface area contributed by atoms with Crippen LogP contribution in [0.2, 0.25) is 0 Å². The Bertz CT molecular complexity index is 385. The summed E-state index contributed by atoms with van der Waals surface area (Å²) in [7, 11) is 0. The van der Waals surface area contributed by atoms with E-state index in [1.165, 1.54) is 19.3 Å². The van der Waals surface area contributed by atoms with E-state index in [2.05, 4.69) is 5.32 Å². The maximum atomic E-state index is 12.0. The van der Waals surface area contributed by atoms with Gasteiger partial charge in [-0.1, -0.05) is 0 Å². The van der Waals surface area contributed by atoms with Crippen molar-refractivity contribution < 1.29 is 14.6 Å². The summed E-state index contributed by atoms with van der Waals surface area (Å²) in [4.78, 5) is 12.0. The molecule has 4 aliphatic rings. The minimum Gasteiger partial charge on any atom is -0.444 e. The first-order chi connectivity index (χ1) is 9.30. The topological polar surface area (TPSA) is 58.6 Å². The molecule has 114 valence electrons. The first kappa shape index (κ1) is 14.2. The Morgan fingerprint density at radius 3 is 2.35 bits per heavy atom. The van der Waals surface area contributed by atoms with Crippen LogP contribution in [0.5, 0.6) is 0 Å². The van der Waals surface area contributed by atoms with Crippen molar-refractivity contribution in [3.05, 3.63) is 0 Å². The van der Waals surface area contributed by atoms with Crippen LogP contribution >= 0.6 is 0 Å². The lowest BCUT2D eigenvalue weighted by Crippen LogP contribution is -2.60. The summed E-state index contributed by atoms with van der Waals surface area (Å²) in [5, 5.41) is 12.9. The molecule has 1 unspecified atom stereocenters. The standard InChI is InChI=1S/C16H27NO3/c1-15(2,3)20-14(19)17-13-11-4-10-5-12(13)8-16(6-10,7-11)9-18/h10-13,18H,4-9H2,1-3H3,(H,17,19)/t10?,11-,12+,13-,16-. The van der Waals surface area contributed by atoms with Gasteiger partial charge in [0.1, 0.15) is 5.60 Å². The SMILES string of the molecule is CC(C)(C)OC(=O)N[C@@H]1[C@@H]2CC3C[C@H]1C[C@@](CO)(C3)C2. The minimum atomic E-state index is -0.442. The van der Waals surface area contributed by atoms with Crippen molar-refractivity contribution in [2.75, 3.05) is 6.61 Å². The molecule has 2 N–H and O–H groups in total. The van der Waals surface area contributed by atoms with Gasteiger partial charge in [-0.15, -0.1) is 0 Å². The second kappa shape index (κ2) is 4.62. The largest absolute Gasteiger partial charge is 0.444 e. The molecule has 0 aromatic rings. The van der Waals surface area contributed by atoms with Crippen LogP contribution in [0.4, 0.5) is 4.79 Å². The molecule has 0 aromatic carbocycles. The third-order valence-corrected chi connectivity index (χ3v) is 5.42. The fourth-order valence-electron chi connectivity index (χ4n) is 5.07. The van der Waals surface area contributed by atoms with Crippen LogP contribution in [0.1, 0.15) is 52.9 Å². The van der Waals surface area contributed by atoms with Gasteiger partial charge < -0.3 is 15.2 Å². The van der Waals surface area contributed by atoms with E-state index in [-0.39, 0.29) is 17.6 Å². The number of aliphatic hydroxyl groups excluding tert-OH is 1. The molecule has 4 rings (SSSR count). The van der Waals surface area contributed by atoms with Crippen molar-refractivity contribution in [2.45, 2.75) is 64.5 Å². The van der Waals surface area contributed by atoms with Crippen molar-refractivity contribution in [1.82, 2.24) is 5.32 Å².